The van der Waals surface area contributed by atoms with Gasteiger partial charge in [0.15, 0.2) is 0 Å². The number of methoxy groups -OCH3 is 1. The highest BCUT2D eigenvalue weighted by atomic mass is 16.5. The molecule has 1 fully saturated rings. The van der Waals surface area contributed by atoms with Gasteiger partial charge in [-0.15, -0.1) is 0 Å². The van der Waals surface area contributed by atoms with Crippen LogP contribution in [0, 0.1) is 0 Å². The number of rotatable bonds is 5. The molecule has 1 amide bonds. The van der Waals surface area contributed by atoms with Crippen molar-refractivity contribution < 1.29 is 9.53 Å². The Morgan fingerprint density at radius 3 is 2.73 bits per heavy atom. The fraction of sp³-hybridized carbons (Fsp3) is 0.588. The summed E-state index contributed by atoms with van der Waals surface area (Å²) < 4.78 is 5.30. The minimum absolute atomic E-state index is 0.141. The first-order chi connectivity index (χ1) is 10.7. The molecule has 2 heterocycles. The average molecular weight is 303 g/mol. The standard InChI is InChI=1S/C17H25N3O2/c1-3-14-17(21)20(11-10-19-8-4-5-9-19)16-7-6-13(22-2)12-15(16)18-14/h6-7,12,14,18H,3-5,8-11H2,1-2H3. The van der Waals surface area contributed by atoms with Crippen LogP contribution in [-0.4, -0.2) is 50.1 Å². The van der Waals surface area contributed by atoms with E-state index in [1.807, 2.05) is 30.0 Å². The van der Waals surface area contributed by atoms with Gasteiger partial charge in [-0.2, -0.15) is 0 Å². The number of nitrogens with one attached hydrogen (secondary N) is 1. The van der Waals surface area contributed by atoms with Gasteiger partial charge in [-0.3, -0.25) is 4.79 Å². The van der Waals surface area contributed by atoms with Gasteiger partial charge in [-0.25, -0.2) is 0 Å². The van der Waals surface area contributed by atoms with Gasteiger partial charge in [0.05, 0.1) is 18.5 Å². The normalized spacial score (nSPS) is 21.6. The van der Waals surface area contributed by atoms with Crippen LogP contribution in [0.3, 0.4) is 0 Å². The van der Waals surface area contributed by atoms with Crippen LogP contribution >= 0.6 is 0 Å². The molecule has 0 saturated carbocycles. The molecule has 1 N–H and O–H groups in total. The summed E-state index contributed by atoms with van der Waals surface area (Å²) >= 11 is 0. The minimum Gasteiger partial charge on any atom is -0.497 e. The summed E-state index contributed by atoms with van der Waals surface area (Å²) in [5.74, 6) is 0.995. The van der Waals surface area contributed by atoms with Crippen LogP contribution in [0.25, 0.3) is 0 Å². The smallest absolute Gasteiger partial charge is 0.249 e. The Labute approximate surface area is 132 Å². The van der Waals surface area contributed by atoms with E-state index in [0.717, 1.165) is 49.7 Å². The molecule has 0 aromatic heterocycles. The van der Waals surface area contributed by atoms with Gasteiger partial charge in [0.25, 0.3) is 0 Å². The molecule has 5 heteroatoms. The Hall–Kier alpha value is -1.75. The van der Waals surface area contributed by atoms with Crippen molar-refractivity contribution in [1.82, 2.24) is 4.90 Å². The molecule has 1 unspecified atom stereocenters. The van der Waals surface area contributed by atoms with Crippen molar-refractivity contribution in [1.29, 1.82) is 0 Å². The number of ether oxygens (including phenoxy) is 1. The van der Waals surface area contributed by atoms with Gasteiger partial charge in [0.1, 0.15) is 11.8 Å². The van der Waals surface area contributed by atoms with E-state index in [1.165, 1.54) is 12.8 Å². The van der Waals surface area contributed by atoms with Crippen molar-refractivity contribution in [3.8, 4) is 5.75 Å². The topological polar surface area (TPSA) is 44.8 Å². The molecule has 0 radical (unpaired) electrons. The monoisotopic (exact) mass is 303 g/mol. The molecule has 0 aliphatic carbocycles. The van der Waals surface area contributed by atoms with E-state index >= 15 is 0 Å². The lowest BCUT2D eigenvalue weighted by molar-refractivity contribution is -0.119. The summed E-state index contributed by atoms with van der Waals surface area (Å²) in [6.45, 7) is 6.07. The molecule has 22 heavy (non-hydrogen) atoms. The summed E-state index contributed by atoms with van der Waals surface area (Å²) in [7, 11) is 1.66. The van der Waals surface area contributed by atoms with E-state index in [9.17, 15) is 4.79 Å². The number of nitrogens with zero attached hydrogens (tertiary/aromatic N) is 2. The Bertz CT molecular complexity index is 541. The molecule has 1 atom stereocenters. The lowest BCUT2D eigenvalue weighted by Gasteiger charge is -2.36. The van der Waals surface area contributed by atoms with Gasteiger partial charge in [0.2, 0.25) is 5.91 Å². The molecule has 120 valence electrons. The minimum atomic E-state index is -0.141. The Morgan fingerprint density at radius 2 is 2.05 bits per heavy atom. The molecule has 2 aliphatic heterocycles. The van der Waals surface area contributed by atoms with Gasteiger partial charge in [-0.05, 0) is 44.5 Å². The summed E-state index contributed by atoms with van der Waals surface area (Å²) in [6.07, 6.45) is 3.34. The number of hydrogen-bond acceptors (Lipinski definition) is 4. The van der Waals surface area contributed by atoms with Crippen molar-refractivity contribution in [2.45, 2.75) is 32.2 Å². The Kier molecular flexibility index (Phi) is 4.52. The maximum absolute atomic E-state index is 12.7. The third kappa shape index (κ3) is 2.90. The predicted octanol–water partition coefficient (Wildman–Crippen LogP) is 2.33. The van der Waals surface area contributed by atoms with Crippen molar-refractivity contribution in [3.05, 3.63) is 18.2 Å². The van der Waals surface area contributed by atoms with Crippen LogP contribution in [0.1, 0.15) is 26.2 Å². The van der Waals surface area contributed by atoms with Crippen molar-refractivity contribution >= 4 is 17.3 Å². The van der Waals surface area contributed by atoms with Crippen molar-refractivity contribution in [2.24, 2.45) is 0 Å². The molecule has 0 spiro atoms. The largest absolute Gasteiger partial charge is 0.497 e. The summed E-state index contributed by atoms with van der Waals surface area (Å²) in [5.41, 5.74) is 1.96. The number of hydrogen-bond donors (Lipinski definition) is 1. The molecule has 1 aromatic rings. The first-order valence-electron chi connectivity index (χ1n) is 8.21. The van der Waals surface area contributed by atoms with E-state index in [1.54, 1.807) is 7.11 Å². The highest BCUT2D eigenvalue weighted by Gasteiger charge is 2.31. The maximum Gasteiger partial charge on any atom is 0.249 e. The second-order valence-electron chi connectivity index (χ2n) is 6.03. The van der Waals surface area contributed by atoms with Crippen LogP contribution in [0.5, 0.6) is 5.75 Å². The van der Waals surface area contributed by atoms with Crippen LogP contribution in [0.15, 0.2) is 18.2 Å². The number of amides is 1. The summed E-state index contributed by atoms with van der Waals surface area (Å²) in [5, 5.41) is 3.34. The number of carbonyl (C=O) groups excluding carboxylic acids is 1. The number of anilines is 2. The van der Waals surface area contributed by atoms with Gasteiger partial charge >= 0.3 is 0 Å². The maximum atomic E-state index is 12.7. The van der Waals surface area contributed by atoms with E-state index in [0.29, 0.717) is 0 Å². The number of carbonyl (C=O) groups is 1. The second kappa shape index (κ2) is 6.57. The first kappa shape index (κ1) is 15.2. The lowest BCUT2D eigenvalue weighted by atomic mass is 10.1. The quantitative estimate of drug-likeness (QED) is 0.907. The molecule has 2 aliphatic rings. The number of likely N-dealkylation sites (tertiary alicyclic amines) is 1. The Morgan fingerprint density at radius 1 is 1.27 bits per heavy atom. The van der Waals surface area contributed by atoms with Crippen molar-refractivity contribution in [2.75, 3.05) is 43.5 Å². The van der Waals surface area contributed by atoms with Gasteiger partial charge in [0, 0.05) is 19.2 Å². The van der Waals surface area contributed by atoms with Crippen LogP contribution in [0.4, 0.5) is 11.4 Å². The third-order valence-corrected chi connectivity index (χ3v) is 4.64. The molecular weight excluding hydrogens is 278 g/mol. The number of benzene rings is 1. The van der Waals surface area contributed by atoms with Crippen LogP contribution < -0.4 is 15.0 Å². The first-order valence-corrected chi connectivity index (χ1v) is 8.21. The van der Waals surface area contributed by atoms with Crippen LogP contribution in [-0.2, 0) is 4.79 Å². The fourth-order valence-corrected chi connectivity index (χ4v) is 3.30. The molecule has 1 aromatic carbocycles. The molecular formula is C17H25N3O2. The van der Waals surface area contributed by atoms with Gasteiger partial charge < -0.3 is 19.9 Å². The predicted molar refractivity (Wildman–Crippen MR) is 88.7 cm³/mol. The third-order valence-electron chi connectivity index (χ3n) is 4.64. The van der Waals surface area contributed by atoms with E-state index < -0.39 is 0 Å². The van der Waals surface area contributed by atoms with Gasteiger partial charge in [-0.1, -0.05) is 6.92 Å². The molecule has 0 bridgehead atoms. The number of fused-ring (bicyclic) bond motifs is 1. The van der Waals surface area contributed by atoms with E-state index in [-0.39, 0.29) is 11.9 Å². The van der Waals surface area contributed by atoms with E-state index in [2.05, 4.69) is 10.2 Å². The molecule has 3 rings (SSSR count). The Balaban J connectivity index is 1.81. The zero-order valence-corrected chi connectivity index (χ0v) is 13.5. The molecule has 1 saturated heterocycles. The zero-order chi connectivity index (χ0) is 15.5. The van der Waals surface area contributed by atoms with E-state index in [4.69, 9.17) is 4.74 Å². The summed E-state index contributed by atoms with van der Waals surface area (Å²) in [6, 6.07) is 5.74. The zero-order valence-electron chi connectivity index (χ0n) is 13.5. The second-order valence-corrected chi connectivity index (χ2v) is 6.03. The highest BCUT2D eigenvalue weighted by molar-refractivity contribution is 6.05. The molecule has 5 nitrogen and oxygen atoms in total. The summed E-state index contributed by atoms with van der Waals surface area (Å²) in [4.78, 5) is 17.1. The lowest BCUT2D eigenvalue weighted by Crippen LogP contribution is -2.49. The SMILES string of the molecule is CCC1Nc2cc(OC)ccc2N(CCN2CCCC2)C1=O. The fourth-order valence-electron chi connectivity index (χ4n) is 3.30. The average Bonchev–Trinajstić information content (AvgIpc) is 3.06. The van der Waals surface area contributed by atoms with Crippen LogP contribution in [0.2, 0.25) is 0 Å². The highest BCUT2D eigenvalue weighted by Crippen LogP contribution is 2.35. The van der Waals surface area contributed by atoms with Crippen molar-refractivity contribution in [3.63, 3.8) is 0 Å².